The first kappa shape index (κ1) is 23.6. The van der Waals surface area contributed by atoms with E-state index in [1.54, 1.807) is 29.2 Å². The second kappa shape index (κ2) is 9.77. The molecule has 0 atom stereocenters. The Morgan fingerprint density at radius 1 is 1.06 bits per heavy atom. The molecule has 1 aromatic heterocycles. The number of benzene rings is 2. The van der Waals surface area contributed by atoms with E-state index in [4.69, 9.17) is 16.0 Å². The van der Waals surface area contributed by atoms with Crippen LogP contribution in [0, 0.1) is 6.92 Å². The number of amides is 3. The molecule has 34 heavy (non-hydrogen) atoms. The van der Waals surface area contributed by atoms with E-state index in [1.165, 1.54) is 4.90 Å². The van der Waals surface area contributed by atoms with E-state index in [9.17, 15) is 14.4 Å². The largest absolute Gasteiger partial charge is 0.419 e. The lowest BCUT2D eigenvalue weighted by Crippen LogP contribution is -2.37. The quantitative estimate of drug-likeness (QED) is 0.440. The minimum absolute atomic E-state index is 0.106. The van der Waals surface area contributed by atoms with E-state index in [0.717, 1.165) is 5.56 Å². The highest BCUT2D eigenvalue weighted by atomic mass is 35.5. The lowest BCUT2D eigenvalue weighted by molar-refractivity contribution is -0.134. The summed E-state index contributed by atoms with van der Waals surface area (Å²) in [5, 5.41) is 8.62. The van der Waals surface area contributed by atoms with Crippen LogP contribution in [0.2, 0.25) is 5.02 Å². The molecule has 0 saturated heterocycles. The molecule has 0 spiro atoms. The van der Waals surface area contributed by atoms with Gasteiger partial charge in [-0.3, -0.25) is 19.3 Å². The van der Waals surface area contributed by atoms with Gasteiger partial charge in [-0.2, -0.15) is 0 Å². The van der Waals surface area contributed by atoms with Gasteiger partial charge < -0.3 is 9.32 Å². The fraction of sp³-hybridized carbons (Fsp3) is 0.320. The number of hydrogen-bond donors (Lipinski definition) is 0. The molecular formula is C25H25ClN4O4. The van der Waals surface area contributed by atoms with E-state index in [-0.39, 0.29) is 49.2 Å². The summed E-state index contributed by atoms with van der Waals surface area (Å²) in [7, 11) is 0. The van der Waals surface area contributed by atoms with Gasteiger partial charge in [0.25, 0.3) is 11.8 Å². The number of nitrogens with zero attached hydrogens (tertiary/aromatic N) is 4. The van der Waals surface area contributed by atoms with Gasteiger partial charge in [0.2, 0.25) is 17.7 Å². The van der Waals surface area contributed by atoms with Crippen molar-refractivity contribution in [2.24, 2.45) is 0 Å². The minimum Gasteiger partial charge on any atom is -0.419 e. The molecule has 2 aromatic carbocycles. The third-order valence-corrected chi connectivity index (χ3v) is 6.05. The lowest BCUT2D eigenvalue weighted by Gasteiger charge is -2.25. The summed E-state index contributed by atoms with van der Waals surface area (Å²) in [6, 6.07) is 12.3. The highest BCUT2D eigenvalue weighted by Gasteiger charge is 2.35. The number of fused-ring (bicyclic) bond motifs is 1. The molecule has 3 amide bonds. The summed E-state index contributed by atoms with van der Waals surface area (Å²) in [4.78, 5) is 41.0. The van der Waals surface area contributed by atoms with E-state index in [2.05, 4.69) is 10.2 Å². The van der Waals surface area contributed by atoms with Crippen LogP contribution in [0.25, 0.3) is 11.5 Å². The number of carbonyl (C=O) groups excluding carboxylic acids is 3. The van der Waals surface area contributed by atoms with Gasteiger partial charge in [0, 0.05) is 19.0 Å². The molecule has 0 aliphatic carbocycles. The van der Waals surface area contributed by atoms with Crippen molar-refractivity contribution in [2.45, 2.75) is 46.2 Å². The number of halogens is 1. The molecule has 1 aliphatic rings. The molecule has 0 fully saturated rings. The maximum absolute atomic E-state index is 12.9. The van der Waals surface area contributed by atoms with Crippen molar-refractivity contribution >= 4 is 29.3 Å². The highest BCUT2D eigenvalue weighted by molar-refractivity contribution is 6.33. The number of rotatable bonds is 8. The molecular weight excluding hydrogens is 456 g/mol. The summed E-state index contributed by atoms with van der Waals surface area (Å²) in [6.07, 6.45) is 0.539. The number of aryl methyl sites for hydroxylation is 1. The number of hydrogen-bond acceptors (Lipinski definition) is 6. The summed E-state index contributed by atoms with van der Waals surface area (Å²) >= 11 is 6.20. The first-order valence-electron chi connectivity index (χ1n) is 11.1. The zero-order chi connectivity index (χ0) is 24.4. The molecule has 176 valence electrons. The molecule has 0 saturated carbocycles. The average Bonchev–Trinajstić information content (AvgIpc) is 3.36. The van der Waals surface area contributed by atoms with E-state index < -0.39 is 0 Å². The number of imide groups is 1. The maximum atomic E-state index is 12.9. The Kier molecular flexibility index (Phi) is 6.79. The molecule has 0 unspecified atom stereocenters. The Bertz CT molecular complexity index is 1250. The van der Waals surface area contributed by atoms with Gasteiger partial charge in [0.05, 0.1) is 28.3 Å². The molecule has 4 rings (SSSR count). The van der Waals surface area contributed by atoms with Crippen LogP contribution in [0.15, 0.2) is 46.9 Å². The summed E-state index contributed by atoms with van der Waals surface area (Å²) in [5.41, 5.74) is 2.38. The number of aromatic nitrogens is 2. The van der Waals surface area contributed by atoms with Crippen LogP contribution in [0.3, 0.4) is 0 Å². The second-order valence-corrected chi connectivity index (χ2v) is 8.92. The molecule has 1 aliphatic heterocycles. The Hall–Kier alpha value is -3.52. The summed E-state index contributed by atoms with van der Waals surface area (Å²) in [6.45, 7) is 6.01. The van der Waals surface area contributed by atoms with Gasteiger partial charge in [0.15, 0.2) is 0 Å². The lowest BCUT2D eigenvalue weighted by atomic mass is 10.1. The monoisotopic (exact) mass is 480 g/mol. The SMILES string of the molecule is Cc1ccc2c(c1)C(=O)N(CCCC(=O)N(Cc1nnc(-c3ccccc3Cl)o1)C(C)C)C2=O. The Morgan fingerprint density at radius 3 is 2.53 bits per heavy atom. The summed E-state index contributed by atoms with van der Waals surface area (Å²) in [5.74, 6) is -0.161. The van der Waals surface area contributed by atoms with Crippen LogP contribution >= 0.6 is 11.6 Å². The molecule has 8 nitrogen and oxygen atoms in total. The highest BCUT2D eigenvalue weighted by Crippen LogP contribution is 2.27. The standard InChI is InChI=1S/C25H25ClN4O4/c1-15(2)30(14-21-27-28-23(34-21)18-7-4-5-8-20(18)26)22(31)9-6-12-29-24(32)17-11-10-16(3)13-19(17)25(29)33/h4-5,7-8,10-11,13,15H,6,9,12,14H2,1-3H3. The van der Waals surface area contributed by atoms with Crippen LogP contribution in [0.5, 0.6) is 0 Å². The molecule has 9 heteroatoms. The molecule has 0 N–H and O–H groups in total. The first-order valence-corrected chi connectivity index (χ1v) is 11.5. The zero-order valence-electron chi connectivity index (χ0n) is 19.2. The van der Waals surface area contributed by atoms with Crippen LogP contribution in [0.4, 0.5) is 0 Å². The third kappa shape index (κ3) is 4.72. The van der Waals surface area contributed by atoms with Crippen LogP contribution in [-0.4, -0.2) is 50.3 Å². The van der Waals surface area contributed by atoms with E-state index in [1.807, 2.05) is 39.0 Å². The third-order valence-electron chi connectivity index (χ3n) is 5.72. The normalized spacial score (nSPS) is 13.0. The van der Waals surface area contributed by atoms with Crippen molar-refractivity contribution in [3.63, 3.8) is 0 Å². The van der Waals surface area contributed by atoms with Crippen molar-refractivity contribution in [1.29, 1.82) is 0 Å². The van der Waals surface area contributed by atoms with E-state index >= 15 is 0 Å². The van der Waals surface area contributed by atoms with Crippen LogP contribution in [-0.2, 0) is 11.3 Å². The van der Waals surface area contributed by atoms with Gasteiger partial charge in [-0.1, -0.05) is 35.4 Å². The molecule has 3 aromatic rings. The molecule has 0 bridgehead atoms. The Balaban J connectivity index is 1.37. The average molecular weight is 481 g/mol. The first-order chi connectivity index (χ1) is 16.3. The van der Waals surface area contributed by atoms with Crippen LogP contribution < -0.4 is 0 Å². The van der Waals surface area contributed by atoms with Crippen molar-refractivity contribution in [3.8, 4) is 11.5 Å². The van der Waals surface area contributed by atoms with Crippen molar-refractivity contribution in [2.75, 3.05) is 6.54 Å². The predicted octanol–water partition coefficient (Wildman–Crippen LogP) is 4.51. The summed E-state index contributed by atoms with van der Waals surface area (Å²) < 4.78 is 5.74. The second-order valence-electron chi connectivity index (χ2n) is 8.51. The predicted molar refractivity (Wildman–Crippen MR) is 126 cm³/mol. The topological polar surface area (TPSA) is 96.6 Å². The fourth-order valence-electron chi connectivity index (χ4n) is 3.91. The zero-order valence-corrected chi connectivity index (χ0v) is 20.0. The maximum Gasteiger partial charge on any atom is 0.261 e. The van der Waals surface area contributed by atoms with E-state index in [0.29, 0.717) is 34.0 Å². The van der Waals surface area contributed by atoms with Gasteiger partial charge in [0.1, 0.15) is 0 Å². The fourth-order valence-corrected chi connectivity index (χ4v) is 4.12. The van der Waals surface area contributed by atoms with Gasteiger partial charge >= 0.3 is 0 Å². The molecule has 2 heterocycles. The van der Waals surface area contributed by atoms with Crippen molar-refractivity contribution in [1.82, 2.24) is 20.0 Å². The molecule has 0 radical (unpaired) electrons. The Morgan fingerprint density at radius 2 is 1.79 bits per heavy atom. The van der Waals surface area contributed by atoms with Crippen molar-refractivity contribution in [3.05, 3.63) is 70.1 Å². The smallest absolute Gasteiger partial charge is 0.261 e. The van der Waals surface area contributed by atoms with Crippen molar-refractivity contribution < 1.29 is 18.8 Å². The van der Waals surface area contributed by atoms with Gasteiger partial charge in [-0.15, -0.1) is 10.2 Å². The van der Waals surface area contributed by atoms with Crippen LogP contribution in [0.1, 0.15) is 58.9 Å². The van der Waals surface area contributed by atoms with Gasteiger partial charge in [-0.05, 0) is 51.5 Å². The van der Waals surface area contributed by atoms with Gasteiger partial charge in [-0.25, -0.2) is 0 Å². The number of carbonyl (C=O) groups is 3. The minimum atomic E-state index is -0.314. The Labute approximate surface area is 202 Å².